The Morgan fingerprint density at radius 2 is 2.06 bits per heavy atom. The van der Waals surface area contributed by atoms with Gasteiger partial charge in [-0.05, 0) is 0 Å². The number of anilines is 1. The summed E-state index contributed by atoms with van der Waals surface area (Å²) in [6, 6.07) is 9.52. The lowest BCUT2D eigenvalue weighted by atomic mass is 10.2. The highest BCUT2D eigenvalue weighted by atomic mass is 32.1. The van der Waals surface area contributed by atoms with Crippen LogP contribution in [0, 0.1) is 0 Å². The number of hydrogen-bond acceptors (Lipinski definition) is 4. The molecule has 4 nitrogen and oxygen atoms in total. The van der Waals surface area contributed by atoms with Crippen LogP contribution in [0.2, 0.25) is 0 Å². The summed E-state index contributed by atoms with van der Waals surface area (Å²) in [6.07, 6.45) is 0. The molecule has 5 heteroatoms. The number of benzene rings is 1. The largest absolute Gasteiger partial charge is 0.477 e. The summed E-state index contributed by atoms with van der Waals surface area (Å²) < 4.78 is 0. The first-order chi connectivity index (χ1) is 7.72. The van der Waals surface area contributed by atoms with Crippen molar-refractivity contribution in [1.82, 2.24) is 4.98 Å². The van der Waals surface area contributed by atoms with E-state index in [4.69, 9.17) is 5.11 Å². The molecule has 0 saturated heterocycles. The molecule has 0 aliphatic heterocycles. The van der Waals surface area contributed by atoms with Gasteiger partial charge in [0.1, 0.15) is 5.01 Å². The van der Waals surface area contributed by atoms with Crippen molar-refractivity contribution >= 4 is 23.1 Å². The van der Waals surface area contributed by atoms with Crippen LogP contribution in [-0.2, 0) is 0 Å². The molecule has 1 aromatic heterocycles. The molecule has 2 rings (SSSR count). The van der Waals surface area contributed by atoms with Gasteiger partial charge in [-0.3, -0.25) is 0 Å². The zero-order valence-electron chi connectivity index (χ0n) is 8.60. The second-order valence-electron chi connectivity index (χ2n) is 3.12. The number of rotatable bonds is 3. The minimum atomic E-state index is -0.955. The Labute approximate surface area is 96.6 Å². The van der Waals surface area contributed by atoms with Crippen molar-refractivity contribution in [3.05, 3.63) is 35.2 Å². The van der Waals surface area contributed by atoms with Crippen molar-refractivity contribution in [3.8, 4) is 10.6 Å². The highest BCUT2D eigenvalue weighted by Crippen LogP contribution is 2.30. The molecule has 2 N–H and O–H groups in total. The normalized spacial score (nSPS) is 10.1. The fraction of sp³-hybridized carbons (Fsp3) is 0.0909. The second-order valence-corrected chi connectivity index (χ2v) is 4.12. The maximum atomic E-state index is 11.0. The van der Waals surface area contributed by atoms with Crippen molar-refractivity contribution in [1.29, 1.82) is 0 Å². The third-order valence-electron chi connectivity index (χ3n) is 2.08. The summed E-state index contributed by atoms with van der Waals surface area (Å²) >= 11 is 1.17. The molecule has 82 valence electrons. The summed E-state index contributed by atoms with van der Waals surface area (Å²) in [7, 11) is 1.66. The molecule has 1 aromatic carbocycles. The fourth-order valence-electron chi connectivity index (χ4n) is 1.34. The van der Waals surface area contributed by atoms with E-state index in [0.717, 1.165) is 5.56 Å². The average molecular weight is 234 g/mol. The smallest absolute Gasteiger partial charge is 0.349 e. The van der Waals surface area contributed by atoms with Crippen molar-refractivity contribution in [2.75, 3.05) is 12.4 Å². The van der Waals surface area contributed by atoms with Gasteiger partial charge in [0.05, 0.1) is 0 Å². The molecule has 16 heavy (non-hydrogen) atoms. The molecule has 0 atom stereocenters. The highest BCUT2D eigenvalue weighted by molar-refractivity contribution is 7.17. The molecule has 0 aliphatic carbocycles. The van der Waals surface area contributed by atoms with E-state index < -0.39 is 5.97 Å². The Bertz CT molecular complexity index is 508. The Morgan fingerprint density at radius 1 is 1.38 bits per heavy atom. The standard InChI is InChI=1S/C11H10N2O2S/c1-12-9-8(11(14)15)16-10(13-9)7-5-3-2-4-6-7/h2-6,12H,1H3,(H,14,15). The Balaban J connectivity index is 2.48. The van der Waals surface area contributed by atoms with Crippen LogP contribution in [0.25, 0.3) is 10.6 Å². The average Bonchev–Trinajstić information content (AvgIpc) is 2.74. The number of nitrogens with one attached hydrogen (secondary N) is 1. The molecule has 1 heterocycles. The molecule has 0 bridgehead atoms. The molecule has 0 amide bonds. The molecule has 2 aromatic rings. The molecule has 0 fully saturated rings. The van der Waals surface area contributed by atoms with E-state index in [1.165, 1.54) is 11.3 Å². The quantitative estimate of drug-likeness (QED) is 0.856. The van der Waals surface area contributed by atoms with Crippen LogP contribution in [-0.4, -0.2) is 23.1 Å². The van der Waals surface area contributed by atoms with Gasteiger partial charge in [-0.1, -0.05) is 30.3 Å². The lowest BCUT2D eigenvalue weighted by Crippen LogP contribution is -1.98. The number of aromatic carboxylic acids is 1. The Kier molecular flexibility index (Phi) is 2.87. The monoisotopic (exact) mass is 234 g/mol. The van der Waals surface area contributed by atoms with Crippen LogP contribution in [0.4, 0.5) is 5.82 Å². The van der Waals surface area contributed by atoms with Crippen LogP contribution < -0.4 is 5.32 Å². The van der Waals surface area contributed by atoms with Crippen LogP contribution >= 0.6 is 11.3 Å². The first-order valence-electron chi connectivity index (χ1n) is 4.69. The van der Waals surface area contributed by atoms with Crippen molar-refractivity contribution < 1.29 is 9.90 Å². The molecule has 0 unspecified atom stereocenters. The molecule has 0 aliphatic rings. The van der Waals surface area contributed by atoms with Crippen molar-refractivity contribution in [2.45, 2.75) is 0 Å². The predicted molar refractivity (Wildman–Crippen MR) is 64.1 cm³/mol. The third kappa shape index (κ3) is 1.90. The van der Waals surface area contributed by atoms with Crippen molar-refractivity contribution in [3.63, 3.8) is 0 Å². The predicted octanol–water partition coefficient (Wildman–Crippen LogP) is 2.55. The zero-order valence-corrected chi connectivity index (χ0v) is 9.41. The number of nitrogens with zero attached hydrogens (tertiary/aromatic N) is 1. The molecular formula is C11H10N2O2S. The van der Waals surface area contributed by atoms with E-state index in [1.807, 2.05) is 30.3 Å². The van der Waals surface area contributed by atoms with Crippen LogP contribution in [0.3, 0.4) is 0 Å². The maximum absolute atomic E-state index is 11.0. The number of carboxylic acid groups (broad SMARTS) is 1. The van der Waals surface area contributed by atoms with Crippen molar-refractivity contribution in [2.24, 2.45) is 0 Å². The van der Waals surface area contributed by atoms with Gasteiger partial charge >= 0.3 is 5.97 Å². The SMILES string of the molecule is CNc1nc(-c2ccccc2)sc1C(=O)O. The van der Waals surface area contributed by atoms with E-state index in [-0.39, 0.29) is 4.88 Å². The van der Waals surface area contributed by atoms with Gasteiger partial charge in [-0.15, -0.1) is 11.3 Å². The van der Waals surface area contributed by atoms with E-state index in [1.54, 1.807) is 7.05 Å². The van der Waals surface area contributed by atoms with Gasteiger partial charge in [0, 0.05) is 12.6 Å². The summed E-state index contributed by atoms with van der Waals surface area (Å²) in [5, 5.41) is 12.5. The van der Waals surface area contributed by atoms with Gasteiger partial charge in [-0.25, -0.2) is 9.78 Å². The summed E-state index contributed by atoms with van der Waals surface area (Å²) in [5.74, 6) is -0.541. The lowest BCUT2D eigenvalue weighted by Gasteiger charge is -1.94. The number of hydrogen-bond donors (Lipinski definition) is 2. The van der Waals surface area contributed by atoms with E-state index in [9.17, 15) is 4.79 Å². The summed E-state index contributed by atoms with van der Waals surface area (Å²) in [6.45, 7) is 0. The summed E-state index contributed by atoms with van der Waals surface area (Å²) in [5.41, 5.74) is 0.927. The van der Waals surface area contributed by atoms with Gasteiger partial charge < -0.3 is 10.4 Å². The molecule has 0 spiro atoms. The topological polar surface area (TPSA) is 62.2 Å². The van der Waals surface area contributed by atoms with Crippen LogP contribution in [0.1, 0.15) is 9.67 Å². The van der Waals surface area contributed by atoms with E-state index in [0.29, 0.717) is 10.8 Å². The van der Waals surface area contributed by atoms with E-state index >= 15 is 0 Å². The first-order valence-corrected chi connectivity index (χ1v) is 5.51. The summed E-state index contributed by atoms with van der Waals surface area (Å²) in [4.78, 5) is 15.4. The molecule has 0 saturated carbocycles. The molecular weight excluding hydrogens is 224 g/mol. The minimum absolute atomic E-state index is 0.237. The van der Waals surface area contributed by atoms with Gasteiger partial charge in [0.15, 0.2) is 10.7 Å². The molecule has 0 radical (unpaired) electrons. The first kappa shape index (κ1) is 10.6. The zero-order chi connectivity index (χ0) is 11.5. The number of thiazole rings is 1. The minimum Gasteiger partial charge on any atom is -0.477 e. The Hall–Kier alpha value is -1.88. The second kappa shape index (κ2) is 4.32. The number of carbonyl (C=O) groups is 1. The number of aromatic nitrogens is 1. The maximum Gasteiger partial charge on any atom is 0.349 e. The van der Waals surface area contributed by atoms with Gasteiger partial charge in [0.25, 0.3) is 0 Å². The van der Waals surface area contributed by atoms with Crippen LogP contribution in [0.15, 0.2) is 30.3 Å². The Morgan fingerprint density at radius 3 is 2.56 bits per heavy atom. The van der Waals surface area contributed by atoms with E-state index in [2.05, 4.69) is 10.3 Å². The number of carboxylic acids is 1. The third-order valence-corrected chi connectivity index (χ3v) is 3.17. The fourth-order valence-corrected chi connectivity index (χ4v) is 2.25. The highest BCUT2D eigenvalue weighted by Gasteiger charge is 2.16. The van der Waals surface area contributed by atoms with Crippen LogP contribution in [0.5, 0.6) is 0 Å². The van der Waals surface area contributed by atoms with Gasteiger partial charge in [0.2, 0.25) is 0 Å². The lowest BCUT2D eigenvalue weighted by molar-refractivity contribution is 0.0703. The van der Waals surface area contributed by atoms with Gasteiger partial charge in [-0.2, -0.15) is 0 Å².